The van der Waals surface area contributed by atoms with Crippen LogP contribution in [0.1, 0.15) is 19.2 Å². The number of anilines is 1. The molecule has 2 aromatic heterocycles. The zero-order valence-electron chi connectivity index (χ0n) is 17.2. The van der Waals surface area contributed by atoms with Gasteiger partial charge in [-0.05, 0) is 37.6 Å². The van der Waals surface area contributed by atoms with Crippen molar-refractivity contribution >= 4 is 17.3 Å². The predicted molar refractivity (Wildman–Crippen MR) is 115 cm³/mol. The van der Waals surface area contributed by atoms with Gasteiger partial charge in [-0.3, -0.25) is 4.40 Å². The number of hydrogen-bond donors (Lipinski definition) is 2. The average Bonchev–Trinajstić information content (AvgIpc) is 3.39. The Kier molecular flexibility index (Phi) is 6.44. The summed E-state index contributed by atoms with van der Waals surface area (Å²) in [6, 6.07) is 12.7. The number of guanidine groups is 1. The van der Waals surface area contributed by atoms with Gasteiger partial charge in [0.25, 0.3) is 0 Å². The van der Waals surface area contributed by atoms with Gasteiger partial charge in [-0.15, -0.1) is 10.2 Å². The summed E-state index contributed by atoms with van der Waals surface area (Å²) in [6.07, 6.45) is 2.76. The SMILES string of the molecule is CCNC(=NCc1nnc2ccccn12)NC1CCN(c2ccccc2OC(F)F)C1. The van der Waals surface area contributed by atoms with Crippen molar-refractivity contribution in [3.8, 4) is 5.75 Å². The molecule has 0 radical (unpaired) electrons. The second kappa shape index (κ2) is 9.59. The van der Waals surface area contributed by atoms with Crippen LogP contribution >= 0.6 is 0 Å². The summed E-state index contributed by atoms with van der Waals surface area (Å²) in [7, 11) is 0. The summed E-state index contributed by atoms with van der Waals surface area (Å²) in [5.41, 5.74) is 1.45. The van der Waals surface area contributed by atoms with Crippen molar-refractivity contribution < 1.29 is 13.5 Å². The molecule has 0 saturated carbocycles. The molecule has 1 aromatic carbocycles. The molecule has 3 heterocycles. The first-order valence-corrected chi connectivity index (χ1v) is 10.3. The fraction of sp³-hybridized carbons (Fsp3) is 0.381. The number of aliphatic imine (C=N–C) groups is 1. The molecule has 8 nitrogen and oxygen atoms in total. The highest BCUT2D eigenvalue weighted by molar-refractivity contribution is 5.80. The van der Waals surface area contributed by atoms with Gasteiger partial charge in [-0.1, -0.05) is 18.2 Å². The maximum Gasteiger partial charge on any atom is 0.387 e. The maximum atomic E-state index is 12.7. The van der Waals surface area contributed by atoms with Gasteiger partial charge in [-0.25, -0.2) is 4.99 Å². The van der Waals surface area contributed by atoms with Crippen LogP contribution in [-0.2, 0) is 6.54 Å². The van der Waals surface area contributed by atoms with E-state index >= 15 is 0 Å². The Morgan fingerprint density at radius 2 is 2.06 bits per heavy atom. The van der Waals surface area contributed by atoms with E-state index in [4.69, 9.17) is 0 Å². The molecule has 0 bridgehead atoms. The summed E-state index contributed by atoms with van der Waals surface area (Å²) in [5.74, 6) is 1.62. The average molecular weight is 429 g/mol. The molecule has 164 valence electrons. The van der Waals surface area contributed by atoms with E-state index in [1.54, 1.807) is 18.2 Å². The number of aromatic nitrogens is 3. The van der Waals surface area contributed by atoms with Crippen LogP contribution in [0.15, 0.2) is 53.7 Å². The Bertz CT molecular complexity index is 1040. The summed E-state index contributed by atoms with van der Waals surface area (Å²) < 4.78 is 32.1. The van der Waals surface area contributed by atoms with Crippen molar-refractivity contribution in [1.82, 2.24) is 25.2 Å². The van der Waals surface area contributed by atoms with Crippen LogP contribution in [0.2, 0.25) is 0 Å². The fourth-order valence-corrected chi connectivity index (χ4v) is 3.67. The highest BCUT2D eigenvalue weighted by Crippen LogP contribution is 2.31. The molecule has 1 aliphatic rings. The lowest BCUT2D eigenvalue weighted by atomic mass is 10.2. The minimum atomic E-state index is -2.85. The maximum absolute atomic E-state index is 12.7. The van der Waals surface area contributed by atoms with E-state index in [1.807, 2.05) is 46.7 Å². The quantitative estimate of drug-likeness (QED) is 0.444. The Morgan fingerprint density at radius 3 is 2.90 bits per heavy atom. The first-order valence-electron chi connectivity index (χ1n) is 10.3. The zero-order valence-corrected chi connectivity index (χ0v) is 17.2. The largest absolute Gasteiger partial charge is 0.433 e. The van der Waals surface area contributed by atoms with Crippen LogP contribution < -0.4 is 20.3 Å². The number of fused-ring (bicyclic) bond motifs is 1. The standard InChI is InChI=1S/C21H25F2N7O/c1-2-24-21(25-13-19-28-27-18-9-5-6-11-30(18)19)26-15-10-12-29(14-15)16-7-3-4-8-17(16)31-20(22)23/h3-9,11,15,20H,2,10,12-14H2,1H3,(H2,24,25,26). The smallest absolute Gasteiger partial charge is 0.387 e. The highest BCUT2D eigenvalue weighted by atomic mass is 19.3. The van der Waals surface area contributed by atoms with E-state index in [0.29, 0.717) is 31.3 Å². The lowest BCUT2D eigenvalue weighted by molar-refractivity contribution is -0.0495. The van der Waals surface area contributed by atoms with Crippen LogP contribution in [0.3, 0.4) is 0 Å². The zero-order chi connectivity index (χ0) is 21.6. The molecular weight excluding hydrogens is 404 g/mol. The second-order valence-electron chi connectivity index (χ2n) is 7.16. The number of nitrogens with zero attached hydrogens (tertiary/aromatic N) is 5. The van der Waals surface area contributed by atoms with E-state index in [9.17, 15) is 8.78 Å². The Labute approximate surface area is 178 Å². The lowest BCUT2D eigenvalue weighted by Crippen LogP contribution is -2.44. The van der Waals surface area contributed by atoms with E-state index in [1.165, 1.54) is 0 Å². The van der Waals surface area contributed by atoms with Gasteiger partial charge >= 0.3 is 6.61 Å². The van der Waals surface area contributed by atoms with Crippen molar-refractivity contribution in [1.29, 1.82) is 0 Å². The highest BCUT2D eigenvalue weighted by Gasteiger charge is 2.26. The fourth-order valence-electron chi connectivity index (χ4n) is 3.67. The monoisotopic (exact) mass is 429 g/mol. The van der Waals surface area contributed by atoms with E-state index in [2.05, 4.69) is 30.6 Å². The molecule has 0 aliphatic carbocycles. The molecule has 10 heteroatoms. The molecule has 3 aromatic rings. The van der Waals surface area contributed by atoms with Gasteiger partial charge in [0.05, 0.1) is 5.69 Å². The van der Waals surface area contributed by atoms with Gasteiger partial charge in [0.15, 0.2) is 17.4 Å². The number of hydrogen-bond acceptors (Lipinski definition) is 5. The summed E-state index contributed by atoms with van der Waals surface area (Å²) in [6.45, 7) is 1.63. The van der Waals surface area contributed by atoms with Crippen LogP contribution in [0.25, 0.3) is 5.65 Å². The normalized spacial score (nSPS) is 16.8. The van der Waals surface area contributed by atoms with Crippen molar-refractivity contribution in [2.75, 3.05) is 24.5 Å². The minimum absolute atomic E-state index is 0.118. The van der Waals surface area contributed by atoms with Crippen molar-refractivity contribution in [3.63, 3.8) is 0 Å². The van der Waals surface area contributed by atoms with Crippen LogP contribution in [-0.4, -0.2) is 52.8 Å². The Morgan fingerprint density at radius 1 is 1.23 bits per heavy atom. The van der Waals surface area contributed by atoms with E-state index < -0.39 is 6.61 Å². The summed E-state index contributed by atoms with van der Waals surface area (Å²) in [4.78, 5) is 6.70. The first-order chi connectivity index (χ1) is 15.1. The van der Waals surface area contributed by atoms with Gasteiger partial charge in [-0.2, -0.15) is 8.78 Å². The number of benzene rings is 1. The number of para-hydroxylation sites is 2. The third-order valence-corrected chi connectivity index (χ3v) is 5.06. The molecule has 4 rings (SSSR count). The third-order valence-electron chi connectivity index (χ3n) is 5.06. The van der Waals surface area contributed by atoms with Gasteiger partial charge in [0.2, 0.25) is 0 Å². The molecule has 1 unspecified atom stereocenters. The summed E-state index contributed by atoms with van der Waals surface area (Å²) in [5, 5.41) is 15.0. The van der Waals surface area contributed by atoms with Gasteiger partial charge < -0.3 is 20.3 Å². The molecule has 1 saturated heterocycles. The number of halogens is 2. The summed E-state index contributed by atoms with van der Waals surface area (Å²) >= 11 is 0. The molecule has 2 N–H and O–H groups in total. The molecule has 1 atom stereocenters. The number of pyridine rings is 1. The first kappa shape index (κ1) is 20.8. The number of alkyl halides is 2. The molecular formula is C21H25F2N7O. The topological polar surface area (TPSA) is 79.1 Å². The lowest BCUT2D eigenvalue weighted by Gasteiger charge is -2.22. The minimum Gasteiger partial charge on any atom is -0.433 e. The van der Waals surface area contributed by atoms with Gasteiger partial charge in [0, 0.05) is 31.9 Å². The van der Waals surface area contributed by atoms with Crippen molar-refractivity contribution in [2.24, 2.45) is 4.99 Å². The van der Waals surface area contributed by atoms with Crippen LogP contribution in [0.4, 0.5) is 14.5 Å². The third kappa shape index (κ3) is 5.01. The second-order valence-corrected chi connectivity index (χ2v) is 7.16. The number of rotatable bonds is 7. The number of ether oxygens (including phenoxy) is 1. The van der Waals surface area contributed by atoms with Crippen LogP contribution in [0.5, 0.6) is 5.75 Å². The van der Waals surface area contributed by atoms with Crippen molar-refractivity contribution in [2.45, 2.75) is 32.5 Å². The van der Waals surface area contributed by atoms with E-state index in [0.717, 1.165) is 24.4 Å². The molecule has 0 spiro atoms. The number of nitrogens with one attached hydrogen (secondary N) is 2. The van der Waals surface area contributed by atoms with Crippen LogP contribution in [0, 0.1) is 0 Å². The molecule has 1 fully saturated rings. The molecule has 0 amide bonds. The van der Waals surface area contributed by atoms with Gasteiger partial charge in [0.1, 0.15) is 12.3 Å². The Balaban J connectivity index is 1.42. The Hall–Kier alpha value is -3.43. The van der Waals surface area contributed by atoms with Crippen molar-refractivity contribution in [3.05, 3.63) is 54.5 Å². The molecule has 1 aliphatic heterocycles. The van der Waals surface area contributed by atoms with E-state index in [-0.39, 0.29) is 11.8 Å². The predicted octanol–water partition coefficient (Wildman–Crippen LogP) is 2.66. The molecule has 31 heavy (non-hydrogen) atoms.